The smallest absolute Gasteiger partial charge is 0.0702 e. The van der Waals surface area contributed by atoms with Gasteiger partial charge in [-0.05, 0) is 39.4 Å². The van der Waals surface area contributed by atoms with E-state index in [9.17, 15) is 5.11 Å². The summed E-state index contributed by atoms with van der Waals surface area (Å²) in [5, 5.41) is 13.3. The molecule has 4 heteroatoms. The van der Waals surface area contributed by atoms with Crippen LogP contribution in [0.2, 0.25) is 0 Å². The predicted molar refractivity (Wildman–Crippen MR) is 85.3 cm³/mol. The average Bonchev–Trinajstić information content (AvgIpc) is 2.96. The van der Waals surface area contributed by atoms with Gasteiger partial charge >= 0.3 is 0 Å². The molecule has 1 saturated heterocycles. The third-order valence-corrected chi connectivity index (χ3v) is 4.87. The number of aliphatic hydroxyl groups is 1. The number of ether oxygens (including phenoxy) is 1. The van der Waals surface area contributed by atoms with Gasteiger partial charge in [0.25, 0.3) is 0 Å². The number of nitrogens with zero attached hydrogens (tertiary/aromatic N) is 1. The topological polar surface area (TPSA) is 44.7 Å². The molecule has 3 unspecified atom stereocenters. The minimum atomic E-state index is -0.377. The summed E-state index contributed by atoms with van der Waals surface area (Å²) in [5.41, 5.74) is 0.761. The first-order chi connectivity index (χ1) is 10.1. The number of likely N-dealkylation sites (N-methyl/N-ethyl adjacent to an activating group) is 2. The zero-order chi connectivity index (χ0) is 15.3. The average molecular weight is 292 g/mol. The second-order valence-corrected chi connectivity index (χ2v) is 6.02. The van der Waals surface area contributed by atoms with E-state index in [0.717, 1.165) is 31.6 Å². The Morgan fingerprint density at radius 3 is 2.62 bits per heavy atom. The first-order valence-electron chi connectivity index (χ1n) is 7.80. The molecule has 0 amide bonds. The molecule has 2 N–H and O–H groups in total. The highest BCUT2D eigenvalue weighted by Crippen LogP contribution is 2.26. The fourth-order valence-corrected chi connectivity index (χ4v) is 3.25. The van der Waals surface area contributed by atoms with Gasteiger partial charge in [0.05, 0.1) is 18.2 Å². The highest BCUT2D eigenvalue weighted by Gasteiger charge is 2.32. The molecule has 0 saturated carbocycles. The molecule has 3 atom stereocenters. The lowest BCUT2D eigenvalue weighted by molar-refractivity contribution is 0.0752. The van der Waals surface area contributed by atoms with Crippen molar-refractivity contribution in [1.82, 2.24) is 10.2 Å². The van der Waals surface area contributed by atoms with Crippen molar-refractivity contribution in [2.24, 2.45) is 0 Å². The fourth-order valence-electron chi connectivity index (χ4n) is 3.25. The van der Waals surface area contributed by atoms with Crippen molar-refractivity contribution in [2.75, 3.05) is 33.9 Å². The van der Waals surface area contributed by atoms with Crippen LogP contribution in [0.25, 0.3) is 0 Å². The Bertz CT molecular complexity index is 420. The van der Waals surface area contributed by atoms with Crippen molar-refractivity contribution in [2.45, 2.75) is 37.5 Å². The van der Waals surface area contributed by atoms with Crippen LogP contribution in [-0.2, 0) is 10.3 Å². The molecule has 1 aromatic rings. The summed E-state index contributed by atoms with van der Waals surface area (Å²) in [6.07, 6.45) is 2.25. The Morgan fingerprint density at radius 1 is 1.38 bits per heavy atom. The Morgan fingerprint density at radius 2 is 2.10 bits per heavy atom. The molecule has 0 bridgehead atoms. The van der Waals surface area contributed by atoms with Gasteiger partial charge in [-0.25, -0.2) is 0 Å². The van der Waals surface area contributed by atoms with Crippen LogP contribution in [0.1, 0.15) is 25.3 Å². The number of hydrogen-bond donors (Lipinski definition) is 2. The van der Waals surface area contributed by atoms with E-state index in [-0.39, 0.29) is 12.1 Å². The van der Waals surface area contributed by atoms with E-state index >= 15 is 0 Å². The van der Waals surface area contributed by atoms with Gasteiger partial charge in [0.15, 0.2) is 0 Å². The molecule has 0 spiro atoms. The Balaban J connectivity index is 2.03. The van der Waals surface area contributed by atoms with Gasteiger partial charge in [-0.2, -0.15) is 0 Å². The molecule has 1 heterocycles. The van der Waals surface area contributed by atoms with Gasteiger partial charge < -0.3 is 20.1 Å². The van der Waals surface area contributed by atoms with Crippen LogP contribution in [0.5, 0.6) is 0 Å². The minimum absolute atomic E-state index is 0.0953. The van der Waals surface area contributed by atoms with Gasteiger partial charge in [-0.15, -0.1) is 0 Å². The van der Waals surface area contributed by atoms with Crippen LogP contribution in [0.3, 0.4) is 0 Å². The summed E-state index contributed by atoms with van der Waals surface area (Å²) in [4.78, 5) is 2.36. The molecule has 1 fully saturated rings. The van der Waals surface area contributed by atoms with Crippen LogP contribution in [0.15, 0.2) is 30.3 Å². The van der Waals surface area contributed by atoms with Crippen LogP contribution >= 0.6 is 0 Å². The lowest BCUT2D eigenvalue weighted by atomic mass is 9.87. The molecule has 0 aliphatic carbocycles. The van der Waals surface area contributed by atoms with Crippen molar-refractivity contribution < 1.29 is 9.84 Å². The summed E-state index contributed by atoms with van der Waals surface area (Å²) in [5.74, 6) is 0. The van der Waals surface area contributed by atoms with Gasteiger partial charge in [0, 0.05) is 19.2 Å². The summed E-state index contributed by atoms with van der Waals surface area (Å²) >= 11 is 0. The predicted octanol–water partition coefficient (Wildman–Crippen LogP) is 1.59. The lowest BCUT2D eigenvalue weighted by Crippen LogP contribution is -2.47. The van der Waals surface area contributed by atoms with Crippen LogP contribution < -0.4 is 5.32 Å². The van der Waals surface area contributed by atoms with E-state index in [4.69, 9.17) is 4.74 Å². The molecule has 1 aromatic carbocycles. The molecular weight excluding hydrogens is 264 g/mol. The molecular formula is C17H28N2O2. The fraction of sp³-hybridized carbons (Fsp3) is 0.647. The lowest BCUT2D eigenvalue weighted by Gasteiger charge is -2.35. The van der Waals surface area contributed by atoms with Crippen molar-refractivity contribution in [3.05, 3.63) is 35.9 Å². The maximum atomic E-state index is 9.95. The normalized spacial score (nSPS) is 25.2. The van der Waals surface area contributed by atoms with Crippen molar-refractivity contribution >= 4 is 0 Å². The van der Waals surface area contributed by atoms with E-state index in [2.05, 4.69) is 36.3 Å². The molecule has 0 aromatic heterocycles. The van der Waals surface area contributed by atoms with Gasteiger partial charge in [-0.1, -0.05) is 30.3 Å². The number of hydrogen-bond acceptors (Lipinski definition) is 4. The highest BCUT2D eigenvalue weighted by molar-refractivity contribution is 5.24. The third-order valence-electron chi connectivity index (χ3n) is 4.87. The van der Waals surface area contributed by atoms with E-state index in [1.54, 1.807) is 0 Å². The largest absolute Gasteiger partial charge is 0.394 e. The first kappa shape index (κ1) is 16.4. The number of rotatable bonds is 7. The van der Waals surface area contributed by atoms with E-state index in [1.165, 1.54) is 0 Å². The highest BCUT2D eigenvalue weighted by atomic mass is 16.5. The van der Waals surface area contributed by atoms with Gasteiger partial charge in [-0.3, -0.25) is 0 Å². The molecule has 2 rings (SSSR count). The van der Waals surface area contributed by atoms with Crippen molar-refractivity contribution in [3.8, 4) is 0 Å². The zero-order valence-electron chi connectivity index (χ0n) is 13.4. The minimum Gasteiger partial charge on any atom is -0.394 e. The summed E-state index contributed by atoms with van der Waals surface area (Å²) in [7, 11) is 4.07. The van der Waals surface area contributed by atoms with Crippen molar-refractivity contribution in [3.63, 3.8) is 0 Å². The van der Waals surface area contributed by atoms with Crippen LogP contribution in [0, 0.1) is 0 Å². The summed E-state index contributed by atoms with van der Waals surface area (Å²) < 4.78 is 5.65. The molecule has 1 aliphatic heterocycles. The molecule has 118 valence electrons. The second kappa shape index (κ2) is 7.36. The van der Waals surface area contributed by atoms with Crippen LogP contribution in [0.4, 0.5) is 0 Å². The maximum Gasteiger partial charge on any atom is 0.0702 e. The standard InChI is InChI=1S/C17H28N2O2/c1-14-16(9-12-21-14)19(3)11-10-17(13-20,18-2)15-7-5-4-6-8-15/h4-8,14,16,18,20H,9-13H2,1-3H3. The Labute approximate surface area is 128 Å². The van der Waals surface area contributed by atoms with E-state index in [1.807, 2.05) is 25.2 Å². The first-order valence-corrected chi connectivity index (χ1v) is 7.80. The molecule has 1 aliphatic rings. The van der Waals surface area contributed by atoms with Crippen molar-refractivity contribution in [1.29, 1.82) is 0 Å². The van der Waals surface area contributed by atoms with Gasteiger partial charge in [0.2, 0.25) is 0 Å². The Kier molecular flexibility index (Phi) is 5.76. The van der Waals surface area contributed by atoms with Gasteiger partial charge in [0.1, 0.15) is 0 Å². The zero-order valence-corrected chi connectivity index (χ0v) is 13.4. The number of nitrogens with one attached hydrogen (secondary N) is 1. The molecule has 0 radical (unpaired) electrons. The van der Waals surface area contributed by atoms with Crippen LogP contribution in [-0.4, -0.2) is 56.0 Å². The quantitative estimate of drug-likeness (QED) is 0.801. The van der Waals surface area contributed by atoms with E-state index < -0.39 is 0 Å². The van der Waals surface area contributed by atoms with E-state index in [0.29, 0.717) is 12.1 Å². The number of aliphatic hydroxyl groups excluding tert-OH is 1. The number of benzene rings is 1. The monoisotopic (exact) mass is 292 g/mol. The molecule has 21 heavy (non-hydrogen) atoms. The SMILES string of the molecule is CNC(CO)(CCN(C)C1CCOC1C)c1ccccc1. The maximum absolute atomic E-state index is 9.95. The Hall–Kier alpha value is -0.940. The third kappa shape index (κ3) is 3.64. The second-order valence-electron chi connectivity index (χ2n) is 6.02. The summed E-state index contributed by atoms with van der Waals surface area (Å²) in [6, 6.07) is 10.7. The summed E-state index contributed by atoms with van der Waals surface area (Å²) in [6.45, 7) is 4.02. The molecule has 4 nitrogen and oxygen atoms in total.